The molecule has 0 aliphatic rings. The maximum absolute atomic E-state index is 13.4. The summed E-state index contributed by atoms with van der Waals surface area (Å²) < 4.78 is 21.2. The van der Waals surface area contributed by atoms with Gasteiger partial charge in [0.2, 0.25) is 0 Å². The molecular formula is C13H18BrFN2OSi. The third kappa shape index (κ3) is 3.87. The molecule has 1 aromatic carbocycles. The van der Waals surface area contributed by atoms with Crippen molar-refractivity contribution in [3.63, 3.8) is 0 Å². The average Bonchev–Trinajstić information content (AvgIpc) is 2.67. The predicted octanol–water partition coefficient (Wildman–Crippen LogP) is 4.25. The minimum Gasteiger partial charge on any atom is -0.360 e. The van der Waals surface area contributed by atoms with Gasteiger partial charge in [-0.1, -0.05) is 19.6 Å². The summed E-state index contributed by atoms with van der Waals surface area (Å²) >= 11 is 3.19. The summed E-state index contributed by atoms with van der Waals surface area (Å²) in [5.74, 6) is -0.272. The minimum atomic E-state index is -1.06. The second-order valence-corrected chi connectivity index (χ2v) is 12.3. The fourth-order valence-electron chi connectivity index (χ4n) is 1.71. The standard InChI is InChI=1S/C13H18BrFN2OSi/c1-19(2,3)5-4-18-9-17-13-7-11(14)12(15)6-10(13)8-16-17/h6-8H,4-5,9H2,1-3H3. The number of rotatable bonds is 5. The van der Waals surface area contributed by atoms with Gasteiger partial charge in [-0.2, -0.15) is 5.10 Å². The summed E-state index contributed by atoms with van der Waals surface area (Å²) in [6, 6.07) is 4.34. The summed E-state index contributed by atoms with van der Waals surface area (Å²) in [6.07, 6.45) is 1.66. The van der Waals surface area contributed by atoms with Crippen molar-refractivity contribution in [1.82, 2.24) is 9.78 Å². The molecule has 3 nitrogen and oxygen atoms in total. The second-order valence-electron chi connectivity index (χ2n) is 5.82. The van der Waals surface area contributed by atoms with Crippen LogP contribution in [-0.2, 0) is 11.5 Å². The molecular weight excluding hydrogens is 327 g/mol. The molecule has 0 bridgehead atoms. The van der Waals surface area contributed by atoms with Crippen molar-refractivity contribution < 1.29 is 9.13 Å². The van der Waals surface area contributed by atoms with E-state index in [2.05, 4.69) is 40.7 Å². The molecule has 0 saturated heterocycles. The zero-order valence-electron chi connectivity index (χ0n) is 11.4. The van der Waals surface area contributed by atoms with Crippen LogP contribution in [0, 0.1) is 5.82 Å². The van der Waals surface area contributed by atoms with Gasteiger partial charge < -0.3 is 4.74 Å². The predicted molar refractivity (Wildman–Crippen MR) is 81.5 cm³/mol. The average molecular weight is 345 g/mol. The summed E-state index contributed by atoms with van der Waals surface area (Å²) in [4.78, 5) is 0. The summed E-state index contributed by atoms with van der Waals surface area (Å²) in [5.41, 5.74) is 0.876. The van der Waals surface area contributed by atoms with E-state index in [0.29, 0.717) is 11.2 Å². The first-order chi connectivity index (χ1) is 8.87. The van der Waals surface area contributed by atoms with Gasteiger partial charge in [0, 0.05) is 20.1 Å². The third-order valence-corrected chi connectivity index (χ3v) is 5.21. The van der Waals surface area contributed by atoms with E-state index in [0.717, 1.165) is 23.6 Å². The van der Waals surface area contributed by atoms with Gasteiger partial charge in [0.05, 0.1) is 16.2 Å². The maximum Gasteiger partial charge on any atom is 0.139 e. The molecule has 104 valence electrons. The molecule has 0 aliphatic carbocycles. The van der Waals surface area contributed by atoms with Crippen LogP contribution in [0.3, 0.4) is 0 Å². The summed E-state index contributed by atoms with van der Waals surface area (Å²) in [6.45, 7) is 8.12. The number of hydrogen-bond acceptors (Lipinski definition) is 2. The Morgan fingerprint density at radius 2 is 2.11 bits per heavy atom. The molecule has 0 aliphatic heterocycles. The number of nitrogens with zero attached hydrogens (tertiary/aromatic N) is 2. The van der Waals surface area contributed by atoms with Crippen LogP contribution >= 0.6 is 15.9 Å². The zero-order chi connectivity index (χ0) is 14.0. The summed E-state index contributed by atoms with van der Waals surface area (Å²) in [7, 11) is -1.06. The normalized spacial score (nSPS) is 12.3. The highest BCUT2D eigenvalue weighted by Crippen LogP contribution is 2.23. The van der Waals surface area contributed by atoms with Gasteiger partial charge in [-0.3, -0.25) is 0 Å². The van der Waals surface area contributed by atoms with E-state index >= 15 is 0 Å². The van der Waals surface area contributed by atoms with E-state index in [1.807, 2.05) is 0 Å². The number of benzene rings is 1. The number of aromatic nitrogens is 2. The Kier molecular flexibility index (Phi) is 4.42. The van der Waals surface area contributed by atoms with Gasteiger partial charge in [0.25, 0.3) is 0 Å². The molecule has 0 unspecified atom stereocenters. The SMILES string of the molecule is C[Si](C)(C)CCOCn1ncc2cc(F)c(Br)cc21. The summed E-state index contributed by atoms with van der Waals surface area (Å²) in [5, 5.41) is 5.01. The quantitative estimate of drug-likeness (QED) is 0.598. The van der Waals surface area contributed by atoms with Crippen LogP contribution in [0.5, 0.6) is 0 Å². The lowest BCUT2D eigenvalue weighted by Crippen LogP contribution is -2.22. The Bertz CT molecular complexity index is 580. The molecule has 2 rings (SSSR count). The van der Waals surface area contributed by atoms with E-state index < -0.39 is 8.07 Å². The molecule has 2 aromatic rings. The molecule has 19 heavy (non-hydrogen) atoms. The Morgan fingerprint density at radius 1 is 1.37 bits per heavy atom. The van der Waals surface area contributed by atoms with Crippen molar-refractivity contribution in [3.8, 4) is 0 Å². The first kappa shape index (κ1) is 14.7. The Hall–Kier alpha value is -0.723. The van der Waals surface area contributed by atoms with Crippen LogP contribution in [0.15, 0.2) is 22.8 Å². The van der Waals surface area contributed by atoms with E-state index in [1.165, 1.54) is 6.07 Å². The monoisotopic (exact) mass is 344 g/mol. The fourth-order valence-corrected chi connectivity index (χ4v) is 2.79. The van der Waals surface area contributed by atoms with E-state index in [4.69, 9.17) is 4.74 Å². The molecule has 1 aromatic heterocycles. The van der Waals surface area contributed by atoms with Crippen molar-refractivity contribution in [1.29, 1.82) is 0 Å². The molecule has 0 N–H and O–H groups in total. The highest BCUT2D eigenvalue weighted by Gasteiger charge is 2.12. The maximum atomic E-state index is 13.4. The highest BCUT2D eigenvalue weighted by molar-refractivity contribution is 9.10. The molecule has 0 radical (unpaired) electrons. The van der Waals surface area contributed by atoms with Crippen LogP contribution in [0.25, 0.3) is 10.9 Å². The Labute approximate surface area is 121 Å². The molecule has 6 heteroatoms. The van der Waals surface area contributed by atoms with Crippen LogP contribution in [0.2, 0.25) is 25.7 Å². The first-order valence-corrected chi connectivity index (χ1v) is 10.8. The zero-order valence-corrected chi connectivity index (χ0v) is 14.0. The van der Waals surface area contributed by atoms with Crippen molar-refractivity contribution >= 4 is 34.9 Å². The van der Waals surface area contributed by atoms with Gasteiger partial charge in [-0.25, -0.2) is 9.07 Å². The minimum absolute atomic E-state index is 0.272. The molecule has 0 atom stereocenters. The van der Waals surface area contributed by atoms with Gasteiger partial charge in [0.15, 0.2) is 0 Å². The van der Waals surface area contributed by atoms with E-state index in [-0.39, 0.29) is 5.82 Å². The van der Waals surface area contributed by atoms with Crippen molar-refractivity contribution in [2.45, 2.75) is 32.4 Å². The topological polar surface area (TPSA) is 27.1 Å². The van der Waals surface area contributed by atoms with Crippen LogP contribution in [-0.4, -0.2) is 24.5 Å². The van der Waals surface area contributed by atoms with E-state index in [1.54, 1.807) is 16.9 Å². The third-order valence-electron chi connectivity index (χ3n) is 2.89. The van der Waals surface area contributed by atoms with Crippen molar-refractivity contribution in [2.75, 3.05) is 6.61 Å². The lowest BCUT2D eigenvalue weighted by Gasteiger charge is -2.15. The number of ether oxygens (including phenoxy) is 1. The highest BCUT2D eigenvalue weighted by atomic mass is 79.9. The second kappa shape index (κ2) is 5.72. The Morgan fingerprint density at radius 3 is 2.79 bits per heavy atom. The number of hydrogen-bond donors (Lipinski definition) is 0. The molecule has 0 spiro atoms. The first-order valence-electron chi connectivity index (χ1n) is 6.25. The van der Waals surface area contributed by atoms with Crippen LogP contribution in [0.1, 0.15) is 0 Å². The molecule has 0 fully saturated rings. The number of halogens is 2. The van der Waals surface area contributed by atoms with Crippen molar-refractivity contribution in [2.24, 2.45) is 0 Å². The van der Waals surface area contributed by atoms with Gasteiger partial charge in [0.1, 0.15) is 12.5 Å². The Balaban J connectivity index is 2.03. The van der Waals surface area contributed by atoms with Gasteiger partial charge in [-0.05, 0) is 34.1 Å². The van der Waals surface area contributed by atoms with E-state index in [9.17, 15) is 4.39 Å². The van der Waals surface area contributed by atoms with Gasteiger partial charge in [-0.15, -0.1) is 0 Å². The lowest BCUT2D eigenvalue weighted by atomic mass is 10.2. The molecule has 1 heterocycles. The fraction of sp³-hybridized carbons (Fsp3) is 0.462. The smallest absolute Gasteiger partial charge is 0.139 e. The number of fused-ring (bicyclic) bond motifs is 1. The van der Waals surface area contributed by atoms with Crippen LogP contribution < -0.4 is 0 Å². The van der Waals surface area contributed by atoms with Gasteiger partial charge >= 0.3 is 0 Å². The molecule has 0 saturated carbocycles. The lowest BCUT2D eigenvalue weighted by molar-refractivity contribution is 0.0817. The van der Waals surface area contributed by atoms with Crippen LogP contribution in [0.4, 0.5) is 4.39 Å². The van der Waals surface area contributed by atoms with Crippen molar-refractivity contribution in [3.05, 3.63) is 28.6 Å². The molecule has 0 amide bonds. The largest absolute Gasteiger partial charge is 0.360 e.